The molecule has 0 aliphatic carbocycles. The van der Waals surface area contributed by atoms with Gasteiger partial charge in [-0.25, -0.2) is 0 Å². The quantitative estimate of drug-likeness (QED) is 0.858. The number of aryl methyl sites for hydroxylation is 1. The highest BCUT2D eigenvalue weighted by Crippen LogP contribution is 2.30. The molecule has 7 heteroatoms. The number of amides is 2. The Morgan fingerprint density at radius 2 is 1.82 bits per heavy atom. The van der Waals surface area contributed by atoms with Crippen LogP contribution in [0.4, 0.5) is 18.9 Å². The minimum Gasteiger partial charge on any atom is -0.352 e. The fourth-order valence-corrected chi connectivity index (χ4v) is 3.29. The monoisotopic (exact) mass is 390 g/mol. The molecule has 28 heavy (non-hydrogen) atoms. The molecule has 1 saturated heterocycles. The Hall–Kier alpha value is -2.83. The first-order valence-electron chi connectivity index (χ1n) is 8.97. The molecule has 0 bridgehead atoms. The highest BCUT2D eigenvalue weighted by molar-refractivity contribution is 6.00. The van der Waals surface area contributed by atoms with Crippen LogP contribution in [0, 0.1) is 19.8 Å². The summed E-state index contributed by atoms with van der Waals surface area (Å²) in [5, 5.41) is 2.72. The van der Waals surface area contributed by atoms with Crippen molar-refractivity contribution in [2.45, 2.75) is 33.0 Å². The van der Waals surface area contributed by atoms with E-state index in [1.54, 1.807) is 4.90 Å². The molecule has 3 rings (SSSR count). The molecule has 148 valence electrons. The van der Waals surface area contributed by atoms with Gasteiger partial charge in [0.15, 0.2) is 0 Å². The van der Waals surface area contributed by atoms with Crippen molar-refractivity contribution in [3.63, 3.8) is 0 Å². The molecule has 0 aromatic heterocycles. The van der Waals surface area contributed by atoms with Crippen molar-refractivity contribution in [1.29, 1.82) is 0 Å². The summed E-state index contributed by atoms with van der Waals surface area (Å²) < 4.78 is 37.8. The van der Waals surface area contributed by atoms with Gasteiger partial charge in [0.05, 0.1) is 11.5 Å². The maximum Gasteiger partial charge on any atom is 0.416 e. The number of hydrogen-bond acceptors (Lipinski definition) is 2. The van der Waals surface area contributed by atoms with Gasteiger partial charge >= 0.3 is 6.18 Å². The number of carbonyl (C=O) groups excluding carboxylic acids is 2. The van der Waals surface area contributed by atoms with Crippen molar-refractivity contribution in [1.82, 2.24) is 5.32 Å². The van der Waals surface area contributed by atoms with Gasteiger partial charge in [-0.05, 0) is 48.7 Å². The van der Waals surface area contributed by atoms with Crippen LogP contribution in [0.1, 0.15) is 28.7 Å². The van der Waals surface area contributed by atoms with Crippen LogP contribution in [0.15, 0.2) is 42.5 Å². The number of alkyl halides is 3. The molecule has 2 aromatic rings. The molecule has 0 spiro atoms. The molecule has 1 fully saturated rings. The summed E-state index contributed by atoms with van der Waals surface area (Å²) in [4.78, 5) is 26.5. The normalized spacial score (nSPS) is 17.1. The zero-order chi connectivity index (χ0) is 20.5. The van der Waals surface area contributed by atoms with Crippen molar-refractivity contribution >= 4 is 17.5 Å². The predicted octanol–water partition coefficient (Wildman–Crippen LogP) is 3.99. The largest absolute Gasteiger partial charge is 0.416 e. The van der Waals surface area contributed by atoms with E-state index in [4.69, 9.17) is 0 Å². The molecule has 1 aliphatic rings. The zero-order valence-corrected chi connectivity index (χ0v) is 15.6. The van der Waals surface area contributed by atoms with E-state index in [-0.39, 0.29) is 24.8 Å². The van der Waals surface area contributed by atoms with Crippen LogP contribution in [-0.4, -0.2) is 18.4 Å². The van der Waals surface area contributed by atoms with Gasteiger partial charge in [-0.2, -0.15) is 13.2 Å². The van der Waals surface area contributed by atoms with Gasteiger partial charge < -0.3 is 10.2 Å². The molecule has 0 radical (unpaired) electrons. The standard InChI is InChI=1S/C21H21F3N2O2/c1-13-4-3-5-18(14(13)2)26-12-16(10-19(26)27)20(28)25-11-15-6-8-17(9-7-15)21(22,23)24/h3-9,16H,10-12H2,1-2H3,(H,25,28). The third-order valence-electron chi connectivity index (χ3n) is 5.11. The number of nitrogens with zero attached hydrogens (tertiary/aromatic N) is 1. The number of anilines is 1. The van der Waals surface area contributed by atoms with Gasteiger partial charge in [-0.1, -0.05) is 24.3 Å². The first kappa shape index (κ1) is 19.9. The third-order valence-corrected chi connectivity index (χ3v) is 5.11. The van der Waals surface area contributed by atoms with Crippen molar-refractivity contribution in [3.8, 4) is 0 Å². The molecule has 1 unspecified atom stereocenters. The number of benzene rings is 2. The molecular formula is C21H21F3N2O2. The summed E-state index contributed by atoms with van der Waals surface area (Å²) in [6.45, 7) is 4.32. The SMILES string of the molecule is Cc1cccc(N2CC(C(=O)NCc3ccc(C(F)(F)F)cc3)CC2=O)c1C. The highest BCUT2D eigenvalue weighted by atomic mass is 19.4. The number of halogens is 3. The summed E-state index contributed by atoms with van der Waals surface area (Å²) >= 11 is 0. The lowest BCUT2D eigenvalue weighted by molar-refractivity contribution is -0.137. The summed E-state index contributed by atoms with van der Waals surface area (Å²) in [6, 6.07) is 10.4. The van der Waals surface area contributed by atoms with E-state index in [1.165, 1.54) is 12.1 Å². The molecule has 1 atom stereocenters. The van der Waals surface area contributed by atoms with Crippen molar-refractivity contribution < 1.29 is 22.8 Å². The maximum absolute atomic E-state index is 12.6. The Morgan fingerprint density at radius 1 is 1.14 bits per heavy atom. The first-order chi connectivity index (χ1) is 13.2. The Balaban J connectivity index is 1.61. The van der Waals surface area contributed by atoms with Crippen molar-refractivity contribution in [2.24, 2.45) is 5.92 Å². The fourth-order valence-electron chi connectivity index (χ4n) is 3.29. The molecule has 2 aromatic carbocycles. The second-order valence-electron chi connectivity index (χ2n) is 7.04. The third kappa shape index (κ3) is 4.18. The Morgan fingerprint density at radius 3 is 2.46 bits per heavy atom. The zero-order valence-electron chi connectivity index (χ0n) is 15.6. The Bertz CT molecular complexity index is 892. The summed E-state index contributed by atoms with van der Waals surface area (Å²) in [6.07, 6.45) is -4.27. The summed E-state index contributed by atoms with van der Waals surface area (Å²) in [5.74, 6) is -0.869. The van der Waals surface area contributed by atoms with Crippen LogP contribution in [0.5, 0.6) is 0 Å². The predicted molar refractivity (Wildman–Crippen MR) is 99.7 cm³/mol. The average molecular weight is 390 g/mol. The maximum atomic E-state index is 12.6. The second kappa shape index (κ2) is 7.66. The number of carbonyl (C=O) groups is 2. The molecule has 4 nitrogen and oxygen atoms in total. The van der Waals surface area contributed by atoms with Gasteiger partial charge in [-0.3, -0.25) is 9.59 Å². The average Bonchev–Trinajstić information content (AvgIpc) is 3.03. The first-order valence-corrected chi connectivity index (χ1v) is 8.97. The van der Waals surface area contributed by atoms with E-state index in [0.717, 1.165) is 28.9 Å². The van der Waals surface area contributed by atoms with E-state index in [9.17, 15) is 22.8 Å². The minimum atomic E-state index is -4.39. The van der Waals surface area contributed by atoms with E-state index >= 15 is 0 Å². The molecule has 1 aliphatic heterocycles. The smallest absolute Gasteiger partial charge is 0.352 e. The minimum absolute atomic E-state index is 0.108. The van der Waals surface area contributed by atoms with E-state index in [2.05, 4.69) is 5.32 Å². The van der Waals surface area contributed by atoms with Crippen LogP contribution >= 0.6 is 0 Å². The lowest BCUT2D eigenvalue weighted by Crippen LogP contribution is -2.32. The van der Waals surface area contributed by atoms with Crippen LogP contribution in [0.3, 0.4) is 0 Å². The molecule has 1 N–H and O–H groups in total. The molecule has 0 saturated carbocycles. The number of hydrogen-bond donors (Lipinski definition) is 1. The Kier molecular flexibility index (Phi) is 5.45. The highest BCUT2D eigenvalue weighted by Gasteiger charge is 2.35. The molecular weight excluding hydrogens is 369 g/mol. The van der Waals surface area contributed by atoms with E-state index in [1.807, 2.05) is 32.0 Å². The van der Waals surface area contributed by atoms with E-state index in [0.29, 0.717) is 12.1 Å². The van der Waals surface area contributed by atoms with Crippen LogP contribution in [0.2, 0.25) is 0 Å². The number of rotatable bonds is 4. The van der Waals surface area contributed by atoms with Gasteiger partial charge in [0, 0.05) is 25.2 Å². The second-order valence-corrected chi connectivity index (χ2v) is 7.04. The lowest BCUT2D eigenvalue weighted by atomic mass is 10.1. The summed E-state index contributed by atoms with van der Waals surface area (Å²) in [5.41, 5.74) is 2.72. The van der Waals surface area contributed by atoms with Crippen molar-refractivity contribution in [3.05, 3.63) is 64.7 Å². The van der Waals surface area contributed by atoms with Gasteiger partial charge in [0.25, 0.3) is 0 Å². The van der Waals surface area contributed by atoms with E-state index < -0.39 is 17.7 Å². The number of nitrogens with one attached hydrogen (secondary N) is 1. The Labute approximate surface area is 161 Å². The lowest BCUT2D eigenvalue weighted by Gasteiger charge is -2.20. The van der Waals surface area contributed by atoms with Crippen LogP contribution < -0.4 is 10.2 Å². The fraction of sp³-hybridized carbons (Fsp3) is 0.333. The molecule has 1 heterocycles. The van der Waals surface area contributed by atoms with Gasteiger partial charge in [0.2, 0.25) is 11.8 Å². The topological polar surface area (TPSA) is 49.4 Å². The van der Waals surface area contributed by atoms with Crippen LogP contribution in [0.25, 0.3) is 0 Å². The summed E-state index contributed by atoms with van der Waals surface area (Å²) in [7, 11) is 0. The van der Waals surface area contributed by atoms with Gasteiger partial charge in [0.1, 0.15) is 0 Å². The molecule has 2 amide bonds. The van der Waals surface area contributed by atoms with Crippen molar-refractivity contribution in [2.75, 3.05) is 11.4 Å². The van der Waals surface area contributed by atoms with Gasteiger partial charge in [-0.15, -0.1) is 0 Å². The van der Waals surface area contributed by atoms with Crippen LogP contribution in [-0.2, 0) is 22.3 Å².